The van der Waals surface area contributed by atoms with E-state index in [0.717, 1.165) is 11.1 Å². The second kappa shape index (κ2) is 8.42. The smallest absolute Gasteiger partial charge is 0.244 e. The van der Waals surface area contributed by atoms with Crippen LogP contribution in [0.2, 0.25) is 5.02 Å². The predicted molar refractivity (Wildman–Crippen MR) is 107 cm³/mol. The van der Waals surface area contributed by atoms with Crippen molar-refractivity contribution in [2.24, 2.45) is 0 Å². The summed E-state index contributed by atoms with van der Waals surface area (Å²) in [6, 6.07) is 16.5. The molecule has 1 aliphatic rings. The molecule has 0 aliphatic carbocycles. The van der Waals surface area contributed by atoms with Gasteiger partial charge in [0.25, 0.3) is 0 Å². The van der Waals surface area contributed by atoms with Gasteiger partial charge in [-0.05, 0) is 23.3 Å². The van der Waals surface area contributed by atoms with Crippen molar-refractivity contribution in [1.29, 1.82) is 0 Å². The molecule has 0 saturated carbocycles. The average Bonchev–Trinajstić information content (AvgIpc) is 2.64. The molecule has 1 atom stereocenters. The summed E-state index contributed by atoms with van der Waals surface area (Å²) >= 11 is 6.05. The molecule has 1 amide bonds. The van der Waals surface area contributed by atoms with Gasteiger partial charge in [-0.3, -0.25) is 9.69 Å². The van der Waals surface area contributed by atoms with E-state index in [1.54, 1.807) is 18.0 Å². The summed E-state index contributed by atoms with van der Waals surface area (Å²) in [4.78, 5) is 16.9. The summed E-state index contributed by atoms with van der Waals surface area (Å²) < 4.78 is 23.6. The first-order valence-electron chi connectivity index (χ1n) is 8.84. The van der Waals surface area contributed by atoms with Crippen LogP contribution in [-0.2, 0) is 21.2 Å². The summed E-state index contributed by atoms with van der Waals surface area (Å²) in [5.41, 5.74) is 1.83. The van der Waals surface area contributed by atoms with Gasteiger partial charge in [0.05, 0.1) is 11.5 Å². The molecular formula is C20H23ClN2O3S. The quantitative estimate of drug-likeness (QED) is 0.766. The molecular weight excluding hydrogens is 384 g/mol. The van der Waals surface area contributed by atoms with E-state index in [2.05, 4.69) is 0 Å². The van der Waals surface area contributed by atoms with Crippen LogP contribution in [0.5, 0.6) is 0 Å². The van der Waals surface area contributed by atoms with Gasteiger partial charge < -0.3 is 4.90 Å². The third-order valence-electron chi connectivity index (χ3n) is 4.78. The number of hydrogen-bond donors (Lipinski definition) is 0. The van der Waals surface area contributed by atoms with Crippen molar-refractivity contribution in [1.82, 2.24) is 9.80 Å². The Bertz CT molecular complexity index is 888. The van der Waals surface area contributed by atoms with Crippen molar-refractivity contribution in [3.8, 4) is 0 Å². The molecule has 0 N–H and O–H groups in total. The van der Waals surface area contributed by atoms with Crippen LogP contribution >= 0.6 is 11.6 Å². The topological polar surface area (TPSA) is 57.7 Å². The highest BCUT2D eigenvalue weighted by Gasteiger charge is 2.34. The number of carbonyl (C=O) groups excluding carboxylic acids is 1. The highest BCUT2D eigenvalue weighted by Crippen LogP contribution is 2.25. The fourth-order valence-electron chi connectivity index (χ4n) is 3.33. The van der Waals surface area contributed by atoms with Crippen LogP contribution in [0.4, 0.5) is 0 Å². The third kappa shape index (κ3) is 5.09. The Morgan fingerprint density at radius 2 is 1.78 bits per heavy atom. The van der Waals surface area contributed by atoms with Gasteiger partial charge >= 0.3 is 0 Å². The van der Waals surface area contributed by atoms with Crippen molar-refractivity contribution in [2.75, 3.05) is 31.6 Å². The van der Waals surface area contributed by atoms with E-state index in [-0.39, 0.29) is 17.4 Å². The second-order valence-corrected chi connectivity index (χ2v) is 9.57. The molecule has 0 aromatic heterocycles. The highest BCUT2D eigenvalue weighted by atomic mass is 35.5. The zero-order valence-electron chi connectivity index (χ0n) is 15.2. The molecule has 2 aromatic carbocycles. The maximum Gasteiger partial charge on any atom is 0.244 e. The van der Waals surface area contributed by atoms with Gasteiger partial charge in [-0.25, -0.2) is 8.42 Å². The number of rotatable bonds is 5. The molecule has 0 spiro atoms. The molecule has 3 rings (SSSR count). The van der Waals surface area contributed by atoms with Crippen LogP contribution in [0.25, 0.3) is 0 Å². The fraction of sp³-hybridized carbons (Fsp3) is 0.350. The fourth-order valence-corrected chi connectivity index (χ4v) is 4.77. The van der Waals surface area contributed by atoms with Crippen LogP contribution in [0.15, 0.2) is 54.6 Å². The van der Waals surface area contributed by atoms with E-state index in [9.17, 15) is 13.2 Å². The molecule has 5 nitrogen and oxygen atoms in total. The van der Waals surface area contributed by atoms with Crippen molar-refractivity contribution in [3.05, 3.63) is 70.7 Å². The van der Waals surface area contributed by atoms with Crippen molar-refractivity contribution >= 4 is 27.3 Å². The van der Waals surface area contributed by atoms with E-state index in [1.807, 2.05) is 53.4 Å². The molecule has 1 fully saturated rings. The maximum atomic E-state index is 13.3. The Morgan fingerprint density at radius 1 is 1.11 bits per heavy atom. The Labute approximate surface area is 165 Å². The molecule has 0 bridgehead atoms. The molecule has 1 unspecified atom stereocenters. The van der Waals surface area contributed by atoms with Gasteiger partial charge in [0.15, 0.2) is 9.84 Å². The number of halogens is 1. The normalized spacial score (nSPS) is 18.0. The summed E-state index contributed by atoms with van der Waals surface area (Å²) in [6.07, 6.45) is 0. The first-order chi connectivity index (χ1) is 12.9. The van der Waals surface area contributed by atoms with Crippen LogP contribution < -0.4 is 0 Å². The number of nitrogens with zero attached hydrogens (tertiary/aromatic N) is 2. The van der Waals surface area contributed by atoms with E-state index < -0.39 is 15.9 Å². The lowest BCUT2D eigenvalue weighted by Crippen LogP contribution is -2.47. The Hall–Kier alpha value is -1.89. The number of benzene rings is 2. The molecule has 1 heterocycles. The summed E-state index contributed by atoms with van der Waals surface area (Å²) in [7, 11) is -1.25. The van der Waals surface area contributed by atoms with E-state index in [0.29, 0.717) is 24.7 Å². The minimum Gasteiger partial charge on any atom is -0.340 e. The standard InChI is InChI=1S/C20H23ClN2O3S/c1-22(15-16-6-5-9-18(21)14-16)20(24)19(17-7-3-2-4-8-17)23-10-12-27(25,26)13-11-23/h2-9,14,19H,10-13,15H2,1H3. The molecule has 1 aliphatic heterocycles. The number of hydrogen-bond acceptors (Lipinski definition) is 4. The van der Waals surface area contributed by atoms with Gasteiger partial charge in [-0.1, -0.05) is 54.1 Å². The Balaban J connectivity index is 1.82. The summed E-state index contributed by atoms with van der Waals surface area (Å²) in [6.45, 7) is 1.16. The largest absolute Gasteiger partial charge is 0.340 e. The van der Waals surface area contributed by atoms with Crippen molar-refractivity contribution in [3.63, 3.8) is 0 Å². The average molecular weight is 407 g/mol. The van der Waals surface area contributed by atoms with Gasteiger partial charge in [0, 0.05) is 31.7 Å². The van der Waals surface area contributed by atoms with Gasteiger partial charge in [-0.2, -0.15) is 0 Å². The van der Waals surface area contributed by atoms with Crippen LogP contribution in [-0.4, -0.2) is 55.8 Å². The summed E-state index contributed by atoms with van der Waals surface area (Å²) in [5.74, 6) is 0.115. The lowest BCUT2D eigenvalue weighted by Gasteiger charge is -2.35. The SMILES string of the molecule is CN(Cc1cccc(Cl)c1)C(=O)C(c1ccccc1)N1CCS(=O)(=O)CC1. The van der Waals surface area contributed by atoms with Crippen LogP contribution in [0.1, 0.15) is 17.2 Å². The monoisotopic (exact) mass is 406 g/mol. The van der Waals surface area contributed by atoms with E-state index >= 15 is 0 Å². The van der Waals surface area contributed by atoms with Crippen LogP contribution in [0.3, 0.4) is 0 Å². The number of sulfone groups is 1. The molecule has 144 valence electrons. The highest BCUT2D eigenvalue weighted by molar-refractivity contribution is 7.91. The maximum absolute atomic E-state index is 13.3. The zero-order valence-corrected chi connectivity index (χ0v) is 16.8. The van der Waals surface area contributed by atoms with Gasteiger partial charge in [-0.15, -0.1) is 0 Å². The second-order valence-electron chi connectivity index (χ2n) is 6.83. The molecule has 27 heavy (non-hydrogen) atoms. The number of amides is 1. The van der Waals surface area contributed by atoms with Gasteiger partial charge in [0.1, 0.15) is 6.04 Å². The predicted octanol–water partition coefficient (Wildman–Crippen LogP) is 2.77. The van der Waals surface area contributed by atoms with Crippen molar-refractivity contribution in [2.45, 2.75) is 12.6 Å². The first-order valence-corrected chi connectivity index (χ1v) is 11.0. The first kappa shape index (κ1) is 19.9. The zero-order chi connectivity index (χ0) is 19.4. The van der Waals surface area contributed by atoms with Crippen LogP contribution in [0, 0.1) is 0 Å². The lowest BCUT2D eigenvalue weighted by atomic mass is 10.0. The van der Waals surface area contributed by atoms with Gasteiger partial charge in [0.2, 0.25) is 5.91 Å². The van der Waals surface area contributed by atoms with E-state index in [4.69, 9.17) is 11.6 Å². The lowest BCUT2D eigenvalue weighted by molar-refractivity contribution is -0.136. The number of likely N-dealkylation sites (N-methyl/N-ethyl adjacent to an activating group) is 1. The minimum atomic E-state index is -3.01. The van der Waals surface area contributed by atoms with Crippen molar-refractivity contribution < 1.29 is 13.2 Å². The molecule has 0 radical (unpaired) electrons. The summed E-state index contributed by atoms with van der Waals surface area (Å²) in [5, 5.41) is 0.634. The third-order valence-corrected chi connectivity index (χ3v) is 6.62. The minimum absolute atomic E-state index is 0.0551. The molecule has 2 aromatic rings. The molecule has 1 saturated heterocycles. The molecule has 7 heteroatoms. The Kier molecular flexibility index (Phi) is 6.19. The Morgan fingerprint density at radius 3 is 2.41 bits per heavy atom. The van der Waals surface area contributed by atoms with E-state index in [1.165, 1.54) is 0 Å². The number of carbonyl (C=O) groups is 1.